The molecule has 0 amide bonds. The third kappa shape index (κ3) is 2.45. The smallest absolute Gasteiger partial charge is 0.257 e. The van der Waals surface area contributed by atoms with Crippen molar-refractivity contribution >= 4 is 0 Å². The molecular formula is C13H15N3O3. The fraction of sp³-hybridized carbons (Fsp3) is 0.385. The predicted octanol–water partition coefficient (Wildman–Crippen LogP) is 1.41. The molecule has 0 radical (unpaired) electrons. The zero-order chi connectivity index (χ0) is 13.1. The predicted molar refractivity (Wildman–Crippen MR) is 67.8 cm³/mol. The lowest BCUT2D eigenvalue weighted by Gasteiger charge is -2.19. The summed E-state index contributed by atoms with van der Waals surface area (Å²) in [7, 11) is 1.62. The molecule has 0 spiro atoms. The first-order chi connectivity index (χ1) is 9.38. The largest absolute Gasteiger partial charge is 0.496 e. The van der Waals surface area contributed by atoms with Gasteiger partial charge in [0.1, 0.15) is 11.9 Å². The number of para-hydroxylation sites is 1. The Hall–Kier alpha value is -1.92. The standard InChI is InChI=1S/C13H15N3O3/c1-17-10-5-3-2-4-9(10)12-15-13(19-16-12)11-8-14-6-7-18-11/h2-5,11,14H,6-8H2,1H3. The molecule has 0 aliphatic carbocycles. The highest BCUT2D eigenvalue weighted by Gasteiger charge is 2.23. The Balaban J connectivity index is 1.88. The van der Waals surface area contributed by atoms with E-state index in [9.17, 15) is 0 Å². The second-order valence-corrected chi connectivity index (χ2v) is 4.22. The van der Waals surface area contributed by atoms with Crippen molar-refractivity contribution in [3.05, 3.63) is 30.2 Å². The van der Waals surface area contributed by atoms with Gasteiger partial charge in [-0.15, -0.1) is 0 Å². The third-order valence-corrected chi connectivity index (χ3v) is 2.99. The maximum atomic E-state index is 5.58. The van der Waals surface area contributed by atoms with Gasteiger partial charge in [0.15, 0.2) is 0 Å². The number of nitrogens with one attached hydrogen (secondary N) is 1. The lowest BCUT2D eigenvalue weighted by atomic mass is 10.2. The average molecular weight is 261 g/mol. The molecule has 3 rings (SSSR count). The summed E-state index contributed by atoms with van der Waals surface area (Å²) in [5.74, 6) is 1.73. The lowest BCUT2D eigenvalue weighted by Crippen LogP contribution is -2.33. The minimum atomic E-state index is -0.176. The van der Waals surface area contributed by atoms with Crippen molar-refractivity contribution in [1.29, 1.82) is 0 Å². The van der Waals surface area contributed by atoms with Gasteiger partial charge in [-0.2, -0.15) is 4.98 Å². The molecule has 1 aliphatic heterocycles. The van der Waals surface area contributed by atoms with Gasteiger partial charge in [0.25, 0.3) is 5.89 Å². The summed E-state index contributed by atoms with van der Waals surface area (Å²) in [5.41, 5.74) is 0.809. The van der Waals surface area contributed by atoms with E-state index in [4.69, 9.17) is 14.0 Å². The molecule has 100 valence electrons. The molecule has 1 aliphatic rings. The van der Waals surface area contributed by atoms with E-state index in [1.165, 1.54) is 0 Å². The number of morpholine rings is 1. The van der Waals surface area contributed by atoms with Crippen molar-refractivity contribution in [1.82, 2.24) is 15.5 Å². The fourth-order valence-electron chi connectivity index (χ4n) is 2.03. The SMILES string of the molecule is COc1ccccc1-c1noc(C2CNCCO2)n1. The number of rotatable bonds is 3. The van der Waals surface area contributed by atoms with Gasteiger partial charge in [0.05, 0.1) is 19.3 Å². The maximum absolute atomic E-state index is 5.58. The molecule has 1 aromatic heterocycles. The first-order valence-corrected chi connectivity index (χ1v) is 6.18. The van der Waals surface area contributed by atoms with Crippen molar-refractivity contribution in [3.63, 3.8) is 0 Å². The van der Waals surface area contributed by atoms with E-state index in [1.54, 1.807) is 7.11 Å². The Kier molecular flexibility index (Phi) is 3.43. The second-order valence-electron chi connectivity index (χ2n) is 4.22. The van der Waals surface area contributed by atoms with Crippen molar-refractivity contribution < 1.29 is 14.0 Å². The van der Waals surface area contributed by atoms with Gasteiger partial charge in [-0.25, -0.2) is 0 Å². The fourth-order valence-corrected chi connectivity index (χ4v) is 2.03. The molecule has 2 heterocycles. The quantitative estimate of drug-likeness (QED) is 0.900. The van der Waals surface area contributed by atoms with Crippen LogP contribution in [0.15, 0.2) is 28.8 Å². The van der Waals surface area contributed by atoms with Crippen LogP contribution in [-0.2, 0) is 4.74 Å². The van der Waals surface area contributed by atoms with Crippen molar-refractivity contribution in [2.75, 3.05) is 26.8 Å². The van der Waals surface area contributed by atoms with E-state index in [-0.39, 0.29) is 6.10 Å². The molecule has 0 saturated carbocycles. The van der Waals surface area contributed by atoms with Gasteiger partial charge >= 0.3 is 0 Å². The highest BCUT2D eigenvalue weighted by Crippen LogP contribution is 2.28. The molecular weight excluding hydrogens is 246 g/mol. The van der Waals surface area contributed by atoms with Gasteiger partial charge in [-0.05, 0) is 12.1 Å². The maximum Gasteiger partial charge on any atom is 0.257 e. The zero-order valence-corrected chi connectivity index (χ0v) is 10.6. The number of benzene rings is 1. The third-order valence-electron chi connectivity index (χ3n) is 2.99. The first kappa shape index (κ1) is 12.1. The highest BCUT2D eigenvalue weighted by atomic mass is 16.5. The number of hydrogen-bond donors (Lipinski definition) is 1. The van der Waals surface area contributed by atoms with Crippen LogP contribution >= 0.6 is 0 Å². The van der Waals surface area contributed by atoms with E-state index in [2.05, 4.69) is 15.5 Å². The van der Waals surface area contributed by atoms with Crippen LogP contribution in [0.3, 0.4) is 0 Å². The Morgan fingerprint density at radius 2 is 2.26 bits per heavy atom. The summed E-state index contributed by atoms with van der Waals surface area (Å²) in [4.78, 5) is 4.39. The topological polar surface area (TPSA) is 69.4 Å². The number of ether oxygens (including phenoxy) is 2. The normalized spacial score (nSPS) is 19.3. The van der Waals surface area contributed by atoms with E-state index >= 15 is 0 Å². The highest BCUT2D eigenvalue weighted by molar-refractivity contribution is 5.63. The molecule has 6 heteroatoms. The Morgan fingerprint density at radius 3 is 3.05 bits per heavy atom. The number of nitrogens with zero attached hydrogens (tertiary/aromatic N) is 2. The zero-order valence-electron chi connectivity index (χ0n) is 10.6. The van der Waals surface area contributed by atoms with Crippen LogP contribution in [-0.4, -0.2) is 36.9 Å². The number of hydrogen-bond acceptors (Lipinski definition) is 6. The molecule has 6 nitrogen and oxygen atoms in total. The van der Waals surface area contributed by atoms with Gasteiger partial charge in [-0.3, -0.25) is 0 Å². The Labute approximate surface area is 110 Å². The molecule has 1 unspecified atom stereocenters. The van der Waals surface area contributed by atoms with Crippen LogP contribution in [0.25, 0.3) is 11.4 Å². The van der Waals surface area contributed by atoms with E-state index in [1.807, 2.05) is 24.3 Å². The van der Waals surface area contributed by atoms with Crippen LogP contribution in [0.2, 0.25) is 0 Å². The number of aromatic nitrogens is 2. The van der Waals surface area contributed by atoms with Crippen LogP contribution in [0.1, 0.15) is 12.0 Å². The Bertz CT molecular complexity index is 550. The van der Waals surface area contributed by atoms with Crippen molar-refractivity contribution in [2.45, 2.75) is 6.10 Å². The van der Waals surface area contributed by atoms with Crippen LogP contribution < -0.4 is 10.1 Å². The summed E-state index contributed by atoms with van der Waals surface area (Å²) < 4.78 is 16.1. The van der Waals surface area contributed by atoms with Gasteiger partial charge in [0.2, 0.25) is 5.82 Å². The minimum Gasteiger partial charge on any atom is -0.496 e. The first-order valence-electron chi connectivity index (χ1n) is 6.18. The second kappa shape index (κ2) is 5.38. The van der Waals surface area contributed by atoms with E-state index < -0.39 is 0 Å². The number of methoxy groups -OCH3 is 1. The molecule has 1 aromatic carbocycles. The van der Waals surface area contributed by atoms with Crippen LogP contribution in [0.4, 0.5) is 0 Å². The Morgan fingerprint density at radius 1 is 1.37 bits per heavy atom. The van der Waals surface area contributed by atoms with Crippen LogP contribution in [0.5, 0.6) is 5.75 Å². The van der Waals surface area contributed by atoms with Gasteiger partial charge in [-0.1, -0.05) is 17.3 Å². The van der Waals surface area contributed by atoms with E-state index in [0.29, 0.717) is 24.9 Å². The monoisotopic (exact) mass is 261 g/mol. The van der Waals surface area contributed by atoms with Gasteiger partial charge < -0.3 is 19.3 Å². The molecule has 19 heavy (non-hydrogen) atoms. The molecule has 0 bridgehead atoms. The summed E-state index contributed by atoms with van der Waals surface area (Å²) in [6, 6.07) is 7.57. The summed E-state index contributed by atoms with van der Waals surface area (Å²) in [5, 5.41) is 7.22. The van der Waals surface area contributed by atoms with Crippen LogP contribution in [0, 0.1) is 0 Å². The van der Waals surface area contributed by atoms with Crippen molar-refractivity contribution in [2.24, 2.45) is 0 Å². The molecule has 1 N–H and O–H groups in total. The molecule has 2 aromatic rings. The summed E-state index contributed by atoms with van der Waals surface area (Å²) >= 11 is 0. The van der Waals surface area contributed by atoms with Gasteiger partial charge in [0, 0.05) is 13.1 Å². The molecule has 1 atom stereocenters. The summed E-state index contributed by atoms with van der Waals surface area (Å²) in [6.07, 6.45) is -0.176. The minimum absolute atomic E-state index is 0.176. The average Bonchev–Trinajstić information content (AvgIpc) is 2.98. The van der Waals surface area contributed by atoms with E-state index in [0.717, 1.165) is 17.9 Å². The summed E-state index contributed by atoms with van der Waals surface area (Å²) in [6.45, 7) is 2.19. The van der Waals surface area contributed by atoms with Crippen molar-refractivity contribution in [3.8, 4) is 17.1 Å². The lowest BCUT2D eigenvalue weighted by molar-refractivity contribution is 0.00755. The molecule has 1 fully saturated rings. The molecule has 1 saturated heterocycles.